The van der Waals surface area contributed by atoms with Crippen LogP contribution in [0, 0.1) is 23.7 Å². The highest BCUT2D eigenvalue weighted by molar-refractivity contribution is 5.79. The van der Waals surface area contributed by atoms with Crippen molar-refractivity contribution in [3.63, 3.8) is 0 Å². The SMILES string of the molecule is O=C([C@@H]1C[C@H]2CC[C@H]1C2)N1CCC([C@@H](O)c2ccccc2)CC1. The maximum Gasteiger partial charge on any atom is 0.225 e. The molecule has 0 aromatic heterocycles. The summed E-state index contributed by atoms with van der Waals surface area (Å²) < 4.78 is 0. The molecule has 3 nitrogen and oxygen atoms in total. The van der Waals surface area contributed by atoms with E-state index in [1.807, 2.05) is 30.3 Å². The van der Waals surface area contributed by atoms with Crippen LogP contribution in [0.1, 0.15) is 50.2 Å². The molecule has 1 aromatic rings. The molecule has 0 unspecified atom stereocenters. The molecule has 4 rings (SSSR count). The van der Waals surface area contributed by atoms with Crippen molar-refractivity contribution in [3.05, 3.63) is 35.9 Å². The molecule has 3 aliphatic rings. The van der Waals surface area contributed by atoms with Gasteiger partial charge < -0.3 is 10.0 Å². The molecule has 1 amide bonds. The van der Waals surface area contributed by atoms with Crippen molar-refractivity contribution >= 4 is 5.91 Å². The second-order valence-electron chi connectivity index (χ2n) is 7.80. The van der Waals surface area contributed by atoms with Crippen LogP contribution in [0.4, 0.5) is 0 Å². The van der Waals surface area contributed by atoms with E-state index in [4.69, 9.17) is 0 Å². The van der Waals surface area contributed by atoms with Crippen LogP contribution >= 0.6 is 0 Å². The van der Waals surface area contributed by atoms with Gasteiger partial charge in [0.2, 0.25) is 5.91 Å². The van der Waals surface area contributed by atoms with E-state index >= 15 is 0 Å². The first-order valence-electron chi connectivity index (χ1n) is 9.24. The van der Waals surface area contributed by atoms with Crippen LogP contribution in [0.2, 0.25) is 0 Å². The average molecular weight is 313 g/mol. The molecule has 1 aromatic carbocycles. The maximum absolute atomic E-state index is 12.8. The summed E-state index contributed by atoms with van der Waals surface area (Å²) in [5.74, 6) is 2.49. The molecule has 124 valence electrons. The number of amides is 1. The van der Waals surface area contributed by atoms with Crippen molar-refractivity contribution in [1.82, 2.24) is 4.90 Å². The minimum absolute atomic E-state index is 0.279. The van der Waals surface area contributed by atoms with E-state index < -0.39 is 6.10 Å². The summed E-state index contributed by atoms with van der Waals surface area (Å²) in [6.07, 6.45) is 6.49. The van der Waals surface area contributed by atoms with Crippen LogP contribution in [-0.4, -0.2) is 29.0 Å². The van der Waals surface area contributed by atoms with E-state index in [9.17, 15) is 9.90 Å². The molecule has 3 heteroatoms. The van der Waals surface area contributed by atoms with E-state index in [1.54, 1.807) is 0 Å². The highest BCUT2D eigenvalue weighted by Gasteiger charge is 2.44. The smallest absolute Gasteiger partial charge is 0.225 e. The molecule has 0 spiro atoms. The number of hydrogen-bond acceptors (Lipinski definition) is 2. The third-order valence-corrected chi connectivity index (χ3v) is 6.49. The monoisotopic (exact) mass is 313 g/mol. The van der Waals surface area contributed by atoms with Crippen molar-refractivity contribution in [3.8, 4) is 0 Å². The number of nitrogens with zero attached hydrogens (tertiary/aromatic N) is 1. The van der Waals surface area contributed by atoms with Crippen LogP contribution in [0.3, 0.4) is 0 Å². The van der Waals surface area contributed by atoms with Crippen LogP contribution in [0.15, 0.2) is 30.3 Å². The highest BCUT2D eigenvalue weighted by atomic mass is 16.3. The summed E-state index contributed by atoms with van der Waals surface area (Å²) in [5, 5.41) is 10.6. The lowest BCUT2D eigenvalue weighted by atomic mass is 9.85. The van der Waals surface area contributed by atoms with Gasteiger partial charge in [-0.2, -0.15) is 0 Å². The van der Waals surface area contributed by atoms with Crippen molar-refractivity contribution < 1.29 is 9.90 Å². The minimum Gasteiger partial charge on any atom is -0.388 e. The van der Waals surface area contributed by atoms with Gasteiger partial charge in [0.1, 0.15) is 0 Å². The Morgan fingerprint density at radius 1 is 1.04 bits per heavy atom. The van der Waals surface area contributed by atoms with Gasteiger partial charge in [-0.1, -0.05) is 36.8 Å². The molecule has 1 N–H and O–H groups in total. The fraction of sp³-hybridized carbons (Fsp3) is 0.650. The number of hydrogen-bond donors (Lipinski definition) is 1. The van der Waals surface area contributed by atoms with E-state index in [-0.39, 0.29) is 5.92 Å². The topological polar surface area (TPSA) is 40.5 Å². The zero-order valence-corrected chi connectivity index (χ0v) is 13.7. The molecule has 2 saturated carbocycles. The lowest BCUT2D eigenvalue weighted by Crippen LogP contribution is -2.43. The molecule has 3 fully saturated rings. The van der Waals surface area contributed by atoms with Gasteiger partial charge in [0.05, 0.1) is 6.10 Å². The van der Waals surface area contributed by atoms with Crippen molar-refractivity contribution in [2.75, 3.05) is 13.1 Å². The van der Waals surface area contributed by atoms with E-state index in [2.05, 4.69) is 4.90 Å². The fourth-order valence-electron chi connectivity index (χ4n) is 5.14. The third-order valence-electron chi connectivity index (χ3n) is 6.49. The molecule has 1 saturated heterocycles. The van der Waals surface area contributed by atoms with Gasteiger partial charge in [0.25, 0.3) is 0 Å². The van der Waals surface area contributed by atoms with Crippen molar-refractivity contribution in [2.24, 2.45) is 23.7 Å². The van der Waals surface area contributed by atoms with Crippen molar-refractivity contribution in [1.29, 1.82) is 0 Å². The second kappa shape index (κ2) is 6.27. The van der Waals surface area contributed by atoms with Crippen LogP contribution in [0.5, 0.6) is 0 Å². The van der Waals surface area contributed by atoms with Gasteiger partial charge in [-0.15, -0.1) is 0 Å². The van der Waals surface area contributed by atoms with Gasteiger partial charge in [0, 0.05) is 19.0 Å². The standard InChI is InChI=1S/C20H27NO2/c22-19(15-4-2-1-3-5-15)16-8-10-21(11-9-16)20(23)18-13-14-6-7-17(18)12-14/h1-5,14,16-19,22H,6-13H2/t14-,17-,18+,19-/m0/s1. The highest BCUT2D eigenvalue weighted by Crippen LogP contribution is 2.49. The molecule has 1 heterocycles. The summed E-state index contributed by atoms with van der Waals surface area (Å²) in [7, 11) is 0. The molecule has 4 atom stereocenters. The Balaban J connectivity index is 1.33. The Labute approximate surface area is 138 Å². The van der Waals surface area contributed by atoms with Gasteiger partial charge in [-0.25, -0.2) is 0 Å². The number of carbonyl (C=O) groups excluding carboxylic acids is 1. The zero-order valence-electron chi connectivity index (χ0n) is 13.7. The Morgan fingerprint density at radius 2 is 1.78 bits per heavy atom. The first kappa shape index (κ1) is 15.2. The predicted molar refractivity (Wildman–Crippen MR) is 89.6 cm³/mol. The van der Waals surface area contributed by atoms with Gasteiger partial charge >= 0.3 is 0 Å². The molecule has 23 heavy (non-hydrogen) atoms. The summed E-state index contributed by atoms with van der Waals surface area (Å²) >= 11 is 0. The normalized spacial score (nSPS) is 32.2. The summed E-state index contributed by atoms with van der Waals surface area (Å²) in [4.78, 5) is 14.9. The Bertz CT molecular complexity index is 550. The fourth-order valence-corrected chi connectivity index (χ4v) is 5.14. The Hall–Kier alpha value is -1.35. The number of benzene rings is 1. The lowest BCUT2D eigenvalue weighted by molar-refractivity contribution is -0.139. The Morgan fingerprint density at radius 3 is 2.39 bits per heavy atom. The minimum atomic E-state index is -0.393. The number of piperidine rings is 1. The molecule has 1 aliphatic heterocycles. The largest absolute Gasteiger partial charge is 0.388 e. The van der Waals surface area contributed by atoms with Gasteiger partial charge in [-0.05, 0) is 55.4 Å². The predicted octanol–water partition coefficient (Wildman–Crippen LogP) is 3.39. The number of rotatable bonds is 3. The second-order valence-corrected chi connectivity index (χ2v) is 7.80. The summed E-state index contributed by atoms with van der Waals surface area (Å²) in [6, 6.07) is 9.93. The quantitative estimate of drug-likeness (QED) is 0.929. The summed E-state index contributed by atoms with van der Waals surface area (Å²) in [5.41, 5.74) is 1.00. The van der Waals surface area contributed by atoms with Crippen LogP contribution in [0.25, 0.3) is 0 Å². The average Bonchev–Trinajstić information content (AvgIpc) is 3.25. The van der Waals surface area contributed by atoms with Crippen LogP contribution in [-0.2, 0) is 4.79 Å². The lowest BCUT2D eigenvalue weighted by Gasteiger charge is -2.37. The molecule has 2 bridgehead atoms. The first-order chi connectivity index (χ1) is 11.2. The number of likely N-dealkylation sites (tertiary alicyclic amines) is 1. The number of aliphatic hydroxyl groups excluding tert-OH is 1. The van der Waals surface area contributed by atoms with E-state index in [0.717, 1.165) is 43.8 Å². The number of aliphatic hydroxyl groups is 1. The van der Waals surface area contributed by atoms with E-state index in [1.165, 1.54) is 19.3 Å². The third kappa shape index (κ3) is 2.91. The van der Waals surface area contributed by atoms with E-state index in [0.29, 0.717) is 17.7 Å². The maximum atomic E-state index is 12.8. The molecular formula is C20H27NO2. The number of carbonyl (C=O) groups is 1. The summed E-state index contributed by atoms with van der Waals surface area (Å²) in [6.45, 7) is 1.64. The molecular weight excluding hydrogens is 286 g/mol. The van der Waals surface area contributed by atoms with Gasteiger partial charge in [-0.3, -0.25) is 4.79 Å². The number of fused-ring (bicyclic) bond motifs is 2. The van der Waals surface area contributed by atoms with Crippen LogP contribution < -0.4 is 0 Å². The molecule has 0 radical (unpaired) electrons. The first-order valence-corrected chi connectivity index (χ1v) is 9.24. The Kier molecular flexibility index (Phi) is 4.14. The van der Waals surface area contributed by atoms with Gasteiger partial charge in [0.15, 0.2) is 0 Å². The molecule has 2 aliphatic carbocycles. The zero-order chi connectivity index (χ0) is 15.8. The van der Waals surface area contributed by atoms with Crippen molar-refractivity contribution in [2.45, 2.75) is 44.6 Å².